The van der Waals surface area contributed by atoms with Gasteiger partial charge in [-0.05, 0) is 38.1 Å². The molecule has 4 nitrogen and oxygen atoms in total. The van der Waals surface area contributed by atoms with E-state index in [4.69, 9.17) is 12.2 Å². The molecule has 0 saturated carbocycles. The third kappa shape index (κ3) is 3.23. The summed E-state index contributed by atoms with van der Waals surface area (Å²) in [5, 5.41) is 12.9. The summed E-state index contributed by atoms with van der Waals surface area (Å²) in [6.07, 6.45) is 4.52. The van der Waals surface area contributed by atoms with Gasteiger partial charge in [0.05, 0.1) is 5.56 Å². The highest BCUT2D eigenvalue weighted by Gasteiger charge is 2.51. The van der Waals surface area contributed by atoms with Crippen molar-refractivity contribution >= 4 is 40.2 Å². The van der Waals surface area contributed by atoms with Crippen LogP contribution >= 0.6 is 24.0 Å². The maximum atomic E-state index is 12.9. The largest absolute Gasteiger partial charge is 0.622 e. The highest BCUT2D eigenvalue weighted by Crippen LogP contribution is 2.43. The monoisotopic (exact) mass is 343 g/mol. The number of para-hydroxylation sites is 1. The zero-order valence-corrected chi connectivity index (χ0v) is 14.6. The lowest BCUT2D eigenvalue weighted by Crippen LogP contribution is -2.48. The maximum Gasteiger partial charge on any atom is 0.258 e. The van der Waals surface area contributed by atoms with Crippen molar-refractivity contribution in [3.8, 4) is 0 Å². The Bertz CT molecular complexity index is 732. The minimum atomic E-state index is -0.414. The number of aromatic nitrogens is 1. The van der Waals surface area contributed by atoms with Crippen molar-refractivity contribution in [2.75, 3.05) is 4.90 Å². The zero-order valence-electron chi connectivity index (χ0n) is 12.9. The Morgan fingerprint density at radius 1 is 1.26 bits per heavy atom. The van der Waals surface area contributed by atoms with E-state index in [0.29, 0.717) is 4.32 Å². The third-order valence-electron chi connectivity index (χ3n) is 3.65. The van der Waals surface area contributed by atoms with Gasteiger partial charge in [0.15, 0.2) is 6.21 Å². The van der Waals surface area contributed by atoms with Crippen LogP contribution in [0.1, 0.15) is 19.4 Å². The Kier molecular flexibility index (Phi) is 4.37. The molecule has 0 N–H and O–H groups in total. The molecule has 0 unspecified atom stereocenters. The van der Waals surface area contributed by atoms with Crippen molar-refractivity contribution in [2.24, 2.45) is 0 Å². The van der Waals surface area contributed by atoms with E-state index in [1.165, 1.54) is 0 Å². The van der Waals surface area contributed by atoms with Crippen LogP contribution in [0.25, 0.3) is 0 Å². The number of hydrogen-bond acceptors (Lipinski definition) is 4. The van der Waals surface area contributed by atoms with Crippen LogP contribution in [0.3, 0.4) is 0 Å². The maximum absolute atomic E-state index is 12.9. The Hall–Kier alpha value is -1.92. The first kappa shape index (κ1) is 16.0. The molecule has 1 fully saturated rings. The summed E-state index contributed by atoms with van der Waals surface area (Å²) in [5.74, 6) is 0. The normalized spacial score (nSPS) is 20.8. The molecule has 0 bridgehead atoms. The first-order chi connectivity index (χ1) is 11.0. The average molecular weight is 343 g/mol. The molecule has 1 aliphatic rings. The molecule has 1 atom stereocenters. The van der Waals surface area contributed by atoms with Gasteiger partial charge in [-0.25, -0.2) is 0 Å². The molecule has 23 heavy (non-hydrogen) atoms. The molecule has 0 spiro atoms. The van der Waals surface area contributed by atoms with E-state index in [-0.39, 0.29) is 4.75 Å². The number of thiocarbonyl (C=S) groups is 1. The molecule has 1 saturated heterocycles. The quantitative estimate of drug-likeness (QED) is 0.280. The molecule has 6 heteroatoms. The molecule has 2 aromatic rings. The fraction of sp³-hybridized carbons (Fsp3) is 0.235. The summed E-state index contributed by atoms with van der Waals surface area (Å²) in [4.78, 5) is 5.98. The molecule has 0 radical (unpaired) electrons. The van der Waals surface area contributed by atoms with Crippen molar-refractivity contribution in [1.82, 2.24) is 4.98 Å². The smallest absolute Gasteiger partial charge is 0.258 e. The second-order valence-corrected chi connectivity index (χ2v) is 8.11. The van der Waals surface area contributed by atoms with Gasteiger partial charge in [0.1, 0.15) is 9.07 Å². The second kappa shape index (κ2) is 6.29. The van der Waals surface area contributed by atoms with Crippen LogP contribution in [0.5, 0.6) is 0 Å². The van der Waals surface area contributed by atoms with E-state index < -0.39 is 6.17 Å². The Morgan fingerprint density at radius 2 is 2.00 bits per heavy atom. The number of hydrogen-bond donors (Lipinski definition) is 0. The minimum absolute atomic E-state index is 0.326. The first-order valence-electron chi connectivity index (χ1n) is 7.27. The number of nitrogens with zero attached hydrogens (tertiary/aromatic N) is 3. The highest BCUT2D eigenvalue weighted by molar-refractivity contribution is 8.24. The number of thioether (sulfide) groups is 1. The lowest BCUT2D eigenvalue weighted by Gasteiger charge is -2.29. The van der Waals surface area contributed by atoms with Crippen molar-refractivity contribution in [3.05, 3.63) is 65.6 Å². The van der Waals surface area contributed by atoms with Crippen LogP contribution in [0, 0.1) is 5.21 Å². The molecule has 2 heterocycles. The topological polar surface area (TPSA) is 42.2 Å². The highest BCUT2D eigenvalue weighted by atomic mass is 32.2. The number of rotatable bonds is 3. The Balaban J connectivity index is 2.02. The van der Waals surface area contributed by atoms with Gasteiger partial charge in [0.2, 0.25) is 0 Å². The molecule has 0 amide bonds. The Morgan fingerprint density at radius 3 is 2.65 bits per heavy atom. The summed E-state index contributed by atoms with van der Waals surface area (Å²) in [5.41, 5.74) is 1.70. The lowest BCUT2D eigenvalue weighted by molar-refractivity contribution is -0.497. The van der Waals surface area contributed by atoms with Crippen molar-refractivity contribution in [1.29, 1.82) is 0 Å². The van der Waals surface area contributed by atoms with Gasteiger partial charge in [0.25, 0.3) is 6.17 Å². The number of pyridine rings is 1. The van der Waals surface area contributed by atoms with Gasteiger partial charge in [-0.3, -0.25) is 9.88 Å². The molecular weight excluding hydrogens is 326 g/mol. The van der Waals surface area contributed by atoms with Crippen LogP contribution < -0.4 is 4.90 Å². The molecule has 1 aromatic carbocycles. The van der Waals surface area contributed by atoms with Crippen LogP contribution in [-0.2, 0) is 0 Å². The minimum Gasteiger partial charge on any atom is -0.622 e. The van der Waals surface area contributed by atoms with Crippen LogP contribution in [-0.4, -0.2) is 31.2 Å². The lowest BCUT2D eigenvalue weighted by atomic mass is 10.1. The van der Waals surface area contributed by atoms with Gasteiger partial charge < -0.3 is 5.21 Å². The summed E-state index contributed by atoms with van der Waals surface area (Å²) in [6, 6.07) is 13.5. The molecule has 0 aliphatic carbocycles. The number of hydroxylamine groups is 1. The van der Waals surface area contributed by atoms with Gasteiger partial charge in [-0.2, -0.15) is 4.74 Å². The summed E-state index contributed by atoms with van der Waals surface area (Å²) < 4.78 is 1.37. The van der Waals surface area contributed by atoms with Crippen molar-refractivity contribution < 1.29 is 4.74 Å². The van der Waals surface area contributed by atoms with E-state index in [1.807, 2.05) is 61.2 Å². The van der Waals surface area contributed by atoms with E-state index in [2.05, 4.69) is 4.98 Å². The van der Waals surface area contributed by atoms with Crippen LogP contribution in [0.4, 0.5) is 5.69 Å². The predicted molar refractivity (Wildman–Crippen MR) is 100 cm³/mol. The Labute approximate surface area is 145 Å². The number of anilines is 1. The molecule has 3 rings (SSSR count). The molecular formula is C17H17N3OS2. The van der Waals surface area contributed by atoms with Gasteiger partial charge >= 0.3 is 0 Å². The van der Waals surface area contributed by atoms with Crippen LogP contribution in [0.2, 0.25) is 0 Å². The molecule has 118 valence electrons. The SMILES string of the molecule is CC1(C)SC(=S)N(c2ccccc2)[C@H]1/[N+]([O-])=C/c1cccnc1. The summed E-state index contributed by atoms with van der Waals surface area (Å²) in [7, 11) is 0. The standard InChI is InChI=1S/C17H17N3OS2/c1-17(2)15(19(21)12-13-7-6-10-18-11-13)20(16(22)23-17)14-8-4-3-5-9-14/h3-12,15H,1-2H3/b19-12-/t15-/m1/s1. The molecule has 1 aromatic heterocycles. The summed E-state index contributed by atoms with van der Waals surface area (Å²) in [6.45, 7) is 4.08. The van der Waals surface area contributed by atoms with Gasteiger partial charge in [0, 0.05) is 18.1 Å². The average Bonchev–Trinajstić information content (AvgIpc) is 2.78. The summed E-state index contributed by atoms with van der Waals surface area (Å²) >= 11 is 7.08. The number of benzene rings is 1. The van der Waals surface area contributed by atoms with E-state index in [1.54, 1.807) is 30.4 Å². The third-order valence-corrected chi connectivity index (χ3v) is 5.20. The van der Waals surface area contributed by atoms with Crippen LogP contribution in [0.15, 0.2) is 54.9 Å². The van der Waals surface area contributed by atoms with Crippen molar-refractivity contribution in [2.45, 2.75) is 24.8 Å². The van der Waals surface area contributed by atoms with Gasteiger partial charge in [-0.15, -0.1) is 0 Å². The fourth-order valence-electron chi connectivity index (χ4n) is 2.66. The van der Waals surface area contributed by atoms with Crippen molar-refractivity contribution in [3.63, 3.8) is 0 Å². The van der Waals surface area contributed by atoms with E-state index >= 15 is 0 Å². The first-order valence-corrected chi connectivity index (χ1v) is 8.49. The fourth-order valence-corrected chi connectivity index (χ4v) is 4.58. The second-order valence-electron chi connectivity index (χ2n) is 5.83. The van der Waals surface area contributed by atoms with Gasteiger partial charge in [-0.1, -0.05) is 42.2 Å². The molecule has 1 aliphatic heterocycles. The zero-order chi connectivity index (χ0) is 16.4. The predicted octanol–water partition coefficient (Wildman–Crippen LogP) is 3.65. The van der Waals surface area contributed by atoms with E-state index in [9.17, 15) is 5.21 Å². The van der Waals surface area contributed by atoms with E-state index in [0.717, 1.165) is 16.0 Å².